The van der Waals surface area contributed by atoms with E-state index in [1.165, 1.54) is 19.3 Å². The Morgan fingerprint density at radius 1 is 1.03 bits per heavy atom. The Morgan fingerprint density at radius 2 is 1.71 bits per heavy atom. The largest absolute Gasteiger partial charge is 0.446 e. The molecule has 1 rings (SSSR count). The Balaban J connectivity index is 0.000000644. The van der Waals surface area contributed by atoms with Gasteiger partial charge < -0.3 is 30.2 Å². The van der Waals surface area contributed by atoms with E-state index in [-0.39, 0.29) is 36.5 Å². The molecule has 200 valence electrons. The van der Waals surface area contributed by atoms with Crippen LogP contribution in [-0.4, -0.2) is 73.2 Å². The minimum atomic E-state index is -0.215. The fourth-order valence-electron chi connectivity index (χ4n) is 3.77. The molecule has 0 spiro atoms. The summed E-state index contributed by atoms with van der Waals surface area (Å²) in [6, 6.07) is 0.162. The van der Waals surface area contributed by atoms with Gasteiger partial charge in [0, 0.05) is 38.6 Å². The molecule has 2 atom stereocenters. The van der Waals surface area contributed by atoms with Gasteiger partial charge in [-0.2, -0.15) is 0 Å². The van der Waals surface area contributed by atoms with Gasteiger partial charge in [0.1, 0.15) is 11.9 Å². The van der Waals surface area contributed by atoms with Crippen LogP contribution >= 0.6 is 0 Å². The van der Waals surface area contributed by atoms with Crippen LogP contribution < -0.4 is 10.6 Å². The molecule has 2 amide bonds. The normalized spacial score (nSPS) is 16.3. The number of rotatable bonds is 16. The Labute approximate surface area is 207 Å². The predicted octanol–water partition coefficient (Wildman–Crippen LogP) is 4.19. The first-order valence-electron chi connectivity index (χ1n) is 13.3. The van der Waals surface area contributed by atoms with Crippen molar-refractivity contribution in [2.45, 2.75) is 116 Å². The molecule has 0 bridgehead atoms. The molecular formula is C26H51N3O5. The number of unbranched alkanes of at least 4 members (excludes halogenated alkanes) is 4. The second-order valence-electron chi connectivity index (χ2n) is 9.23. The zero-order valence-corrected chi connectivity index (χ0v) is 22.2. The molecule has 2 unspecified atom stereocenters. The predicted molar refractivity (Wildman–Crippen MR) is 137 cm³/mol. The summed E-state index contributed by atoms with van der Waals surface area (Å²) in [7, 11) is 1.96. The van der Waals surface area contributed by atoms with Crippen LogP contribution in [0.2, 0.25) is 0 Å². The van der Waals surface area contributed by atoms with E-state index >= 15 is 0 Å². The average molecular weight is 486 g/mol. The number of nitrogens with one attached hydrogen (secondary N) is 2. The van der Waals surface area contributed by atoms with Gasteiger partial charge in [0.2, 0.25) is 5.91 Å². The number of ether oxygens (including phenoxy) is 1. The van der Waals surface area contributed by atoms with Crippen LogP contribution in [0, 0.1) is 0 Å². The van der Waals surface area contributed by atoms with Gasteiger partial charge in [-0.15, -0.1) is 0 Å². The molecule has 0 aromatic carbocycles. The standard InChI is InChI=1S/C14H28N2O2.C12H23NO3/c1-13(17)9-5-6-10-14(18)16-12-8-4-3-7-11-15-2;1-3-10(2)16-12(15)13-8-5-4-6-11(13)7-9-14/h15H,3-12H2,1-2H3,(H,16,18);10-11,14H,3-9H2,1-2H3. The molecule has 0 aromatic rings. The number of piperidine rings is 1. The van der Waals surface area contributed by atoms with Crippen LogP contribution in [0.4, 0.5) is 4.79 Å². The fraction of sp³-hybridized carbons (Fsp3) is 0.885. The lowest BCUT2D eigenvalue weighted by Gasteiger charge is -2.35. The second-order valence-corrected chi connectivity index (χ2v) is 9.23. The topological polar surface area (TPSA) is 108 Å². The number of ketones is 1. The summed E-state index contributed by atoms with van der Waals surface area (Å²) in [6.45, 7) is 8.25. The minimum absolute atomic E-state index is 0.0239. The molecule has 1 saturated heterocycles. The van der Waals surface area contributed by atoms with Crippen LogP contribution in [0.3, 0.4) is 0 Å². The van der Waals surface area contributed by atoms with Gasteiger partial charge in [-0.1, -0.05) is 19.8 Å². The third-order valence-electron chi connectivity index (χ3n) is 6.06. The lowest BCUT2D eigenvalue weighted by Crippen LogP contribution is -2.45. The molecule has 0 saturated carbocycles. The number of hydrogen-bond acceptors (Lipinski definition) is 6. The highest BCUT2D eigenvalue weighted by atomic mass is 16.6. The zero-order valence-electron chi connectivity index (χ0n) is 22.2. The van der Waals surface area contributed by atoms with Gasteiger partial charge in [-0.25, -0.2) is 4.79 Å². The maximum absolute atomic E-state index is 11.9. The Bertz CT molecular complexity index is 543. The molecule has 0 radical (unpaired) electrons. The van der Waals surface area contributed by atoms with Crippen LogP contribution in [0.25, 0.3) is 0 Å². The van der Waals surface area contributed by atoms with E-state index in [4.69, 9.17) is 9.84 Å². The molecule has 1 fully saturated rings. The third-order valence-corrected chi connectivity index (χ3v) is 6.06. The number of amides is 2. The van der Waals surface area contributed by atoms with E-state index in [1.807, 2.05) is 20.9 Å². The van der Waals surface area contributed by atoms with Crippen molar-refractivity contribution >= 4 is 17.8 Å². The first-order valence-corrected chi connectivity index (χ1v) is 13.3. The number of Topliss-reactive ketones (excluding diaryl/α,β-unsaturated/α-hetero) is 1. The monoisotopic (exact) mass is 485 g/mol. The number of hydrogen-bond donors (Lipinski definition) is 3. The molecule has 34 heavy (non-hydrogen) atoms. The number of aliphatic hydroxyl groups is 1. The van der Waals surface area contributed by atoms with Crippen LogP contribution in [0.1, 0.15) is 104 Å². The van der Waals surface area contributed by atoms with Crippen molar-refractivity contribution < 1.29 is 24.2 Å². The van der Waals surface area contributed by atoms with Gasteiger partial charge >= 0.3 is 6.09 Å². The Hall–Kier alpha value is -1.67. The van der Waals surface area contributed by atoms with Gasteiger partial charge in [-0.05, 0) is 85.2 Å². The highest BCUT2D eigenvalue weighted by Gasteiger charge is 2.27. The molecule has 8 nitrogen and oxygen atoms in total. The average Bonchev–Trinajstić information content (AvgIpc) is 2.82. The molecule has 0 aliphatic carbocycles. The summed E-state index contributed by atoms with van der Waals surface area (Å²) < 4.78 is 5.32. The SMILES string of the molecule is CCC(C)OC(=O)N1CCCCC1CCO.CNCCCCCCNC(=O)CCCCC(C)=O. The van der Waals surface area contributed by atoms with E-state index < -0.39 is 0 Å². The van der Waals surface area contributed by atoms with Gasteiger partial charge in [0.15, 0.2) is 0 Å². The molecule has 1 aliphatic heterocycles. The van der Waals surface area contributed by atoms with Crippen molar-refractivity contribution in [1.29, 1.82) is 0 Å². The van der Waals surface area contributed by atoms with Gasteiger partial charge in [0.05, 0.1) is 0 Å². The van der Waals surface area contributed by atoms with Gasteiger partial charge in [-0.3, -0.25) is 4.79 Å². The van der Waals surface area contributed by atoms with Crippen molar-refractivity contribution in [3.8, 4) is 0 Å². The van der Waals surface area contributed by atoms with Crippen LogP contribution in [-0.2, 0) is 14.3 Å². The van der Waals surface area contributed by atoms with E-state index in [0.29, 0.717) is 19.3 Å². The molecule has 1 heterocycles. The van der Waals surface area contributed by atoms with Crippen molar-refractivity contribution in [3.63, 3.8) is 0 Å². The maximum atomic E-state index is 11.9. The molecular weight excluding hydrogens is 434 g/mol. The number of carbonyl (C=O) groups excluding carboxylic acids is 3. The summed E-state index contributed by atoms with van der Waals surface area (Å²) in [4.78, 5) is 35.8. The highest BCUT2D eigenvalue weighted by Crippen LogP contribution is 2.20. The first-order chi connectivity index (χ1) is 16.3. The second kappa shape index (κ2) is 21.8. The molecule has 1 aliphatic rings. The summed E-state index contributed by atoms with van der Waals surface area (Å²) >= 11 is 0. The van der Waals surface area contributed by atoms with Crippen LogP contribution in [0.5, 0.6) is 0 Å². The Morgan fingerprint density at radius 3 is 2.32 bits per heavy atom. The first kappa shape index (κ1) is 32.3. The van der Waals surface area contributed by atoms with E-state index in [1.54, 1.807) is 11.8 Å². The number of nitrogens with zero attached hydrogens (tertiary/aromatic N) is 1. The number of carbonyl (C=O) groups is 3. The quantitative estimate of drug-likeness (QED) is 0.283. The lowest BCUT2D eigenvalue weighted by molar-refractivity contribution is -0.121. The van der Waals surface area contributed by atoms with Crippen molar-refractivity contribution in [2.75, 3.05) is 33.3 Å². The number of aliphatic hydroxyl groups excluding tert-OH is 1. The zero-order chi connectivity index (χ0) is 25.6. The lowest BCUT2D eigenvalue weighted by atomic mass is 10.0. The summed E-state index contributed by atoms with van der Waals surface area (Å²) in [6.07, 6.45) is 11.9. The summed E-state index contributed by atoms with van der Waals surface area (Å²) in [5, 5.41) is 15.0. The molecule has 3 N–H and O–H groups in total. The van der Waals surface area contributed by atoms with Crippen molar-refractivity contribution in [2.24, 2.45) is 0 Å². The highest BCUT2D eigenvalue weighted by molar-refractivity contribution is 5.76. The van der Waals surface area contributed by atoms with E-state index in [0.717, 1.165) is 64.6 Å². The molecule has 0 aromatic heterocycles. The van der Waals surface area contributed by atoms with Crippen LogP contribution in [0.15, 0.2) is 0 Å². The maximum Gasteiger partial charge on any atom is 0.410 e. The fourth-order valence-corrected chi connectivity index (χ4v) is 3.77. The van der Waals surface area contributed by atoms with E-state index in [9.17, 15) is 14.4 Å². The van der Waals surface area contributed by atoms with Crippen molar-refractivity contribution in [3.05, 3.63) is 0 Å². The summed E-state index contributed by atoms with van der Waals surface area (Å²) in [5.74, 6) is 0.325. The summed E-state index contributed by atoms with van der Waals surface area (Å²) in [5.41, 5.74) is 0. The Kier molecular flexibility index (Phi) is 20.8. The number of likely N-dealkylation sites (tertiary alicyclic amines) is 1. The van der Waals surface area contributed by atoms with E-state index in [2.05, 4.69) is 10.6 Å². The molecule has 8 heteroatoms. The third kappa shape index (κ3) is 17.8. The smallest absolute Gasteiger partial charge is 0.410 e. The van der Waals surface area contributed by atoms with Gasteiger partial charge in [0.25, 0.3) is 0 Å². The van der Waals surface area contributed by atoms with Crippen molar-refractivity contribution in [1.82, 2.24) is 15.5 Å². The minimum Gasteiger partial charge on any atom is -0.446 e.